The molecule has 7 heteroatoms. The average molecular weight is 330 g/mol. The third kappa shape index (κ3) is 4.21. The molecular formula is C14H19FN2O2S2. The first-order valence-electron chi connectivity index (χ1n) is 6.97. The number of hydrogen-bond acceptors (Lipinski definition) is 3. The monoisotopic (exact) mass is 330 g/mol. The van der Waals surface area contributed by atoms with Gasteiger partial charge in [-0.05, 0) is 37.0 Å². The Balaban J connectivity index is 2.21. The molecule has 0 spiro atoms. The third-order valence-electron chi connectivity index (χ3n) is 3.82. The molecule has 0 aromatic heterocycles. The molecule has 0 aliphatic heterocycles. The summed E-state index contributed by atoms with van der Waals surface area (Å²) in [4.78, 5) is 0.0291. The van der Waals surface area contributed by atoms with E-state index in [9.17, 15) is 12.8 Å². The van der Waals surface area contributed by atoms with Gasteiger partial charge in [-0.3, -0.25) is 0 Å². The zero-order chi connectivity index (χ0) is 15.5. The summed E-state index contributed by atoms with van der Waals surface area (Å²) in [5.41, 5.74) is 5.71. The van der Waals surface area contributed by atoms with Gasteiger partial charge in [0.2, 0.25) is 10.0 Å². The number of halogens is 1. The van der Waals surface area contributed by atoms with Crippen molar-refractivity contribution in [3.63, 3.8) is 0 Å². The number of nitrogens with one attached hydrogen (secondary N) is 1. The van der Waals surface area contributed by atoms with Gasteiger partial charge in [0, 0.05) is 0 Å². The Morgan fingerprint density at radius 3 is 2.57 bits per heavy atom. The molecular weight excluding hydrogens is 311 g/mol. The van der Waals surface area contributed by atoms with E-state index in [-0.39, 0.29) is 15.8 Å². The Morgan fingerprint density at radius 2 is 2.00 bits per heavy atom. The second-order valence-electron chi connectivity index (χ2n) is 5.36. The van der Waals surface area contributed by atoms with Crippen molar-refractivity contribution in [1.29, 1.82) is 0 Å². The van der Waals surface area contributed by atoms with Crippen LogP contribution < -0.4 is 10.5 Å². The van der Waals surface area contributed by atoms with Gasteiger partial charge in [0.05, 0.1) is 15.9 Å². The number of thiocarbonyl (C=S) groups is 1. The van der Waals surface area contributed by atoms with E-state index in [0.717, 1.165) is 38.2 Å². The van der Waals surface area contributed by atoms with Crippen molar-refractivity contribution in [3.8, 4) is 0 Å². The number of rotatable bonds is 5. The molecule has 4 nitrogen and oxygen atoms in total. The van der Waals surface area contributed by atoms with Gasteiger partial charge in [-0.1, -0.05) is 37.5 Å². The minimum Gasteiger partial charge on any atom is -0.392 e. The molecule has 0 saturated heterocycles. The summed E-state index contributed by atoms with van der Waals surface area (Å²) in [7, 11) is -3.83. The van der Waals surface area contributed by atoms with Crippen molar-refractivity contribution in [2.75, 3.05) is 0 Å². The fourth-order valence-electron chi connectivity index (χ4n) is 2.72. The first-order valence-corrected chi connectivity index (χ1v) is 8.86. The molecule has 1 atom stereocenters. The SMILES string of the molecule is NC(=S)C(NS(=O)(=O)c1cccc(F)c1)C1CCCCC1. The molecule has 1 aromatic rings. The number of benzene rings is 1. The Kier molecular flexibility index (Phi) is 5.29. The highest BCUT2D eigenvalue weighted by Gasteiger charge is 2.30. The summed E-state index contributed by atoms with van der Waals surface area (Å²) < 4.78 is 40.4. The van der Waals surface area contributed by atoms with E-state index in [1.807, 2.05) is 0 Å². The molecule has 1 unspecified atom stereocenters. The Labute approximate surface area is 130 Å². The molecule has 3 N–H and O–H groups in total. The maximum Gasteiger partial charge on any atom is 0.241 e. The maximum absolute atomic E-state index is 13.2. The van der Waals surface area contributed by atoms with Crippen molar-refractivity contribution in [2.24, 2.45) is 11.7 Å². The highest BCUT2D eigenvalue weighted by molar-refractivity contribution is 7.89. The van der Waals surface area contributed by atoms with E-state index in [2.05, 4.69) is 4.72 Å². The maximum atomic E-state index is 13.2. The van der Waals surface area contributed by atoms with Crippen molar-refractivity contribution < 1.29 is 12.8 Å². The van der Waals surface area contributed by atoms with Crippen molar-refractivity contribution in [3.05, 3.63) is 30.1 Å². The summed E-state index contributed by atoms with van der Waals surface area (Å²) in [6, 6.07) is 4.32. The van der Waals surface area contributed by atoms with Crippen LogP contribution in [0.1, 0.15) is 32.1 Å². The topological polar surface area (TPSA) is 72.2 Å². The highest BCUT2D eigenvalue weighted by atomic mass is 32.2. The molecule has 2 rings (SSSR count). The largest absolute Gasteiger partial charge is 0.392 e. The van der Waals surface area contributed by atoms with Gasteiger partial charge in [0.15, 0.2) is 0 Å². The second-order valence-corrected chi connectivity index (χ2v) is 7.54. The number of nitrogens with two attached hydrogens (primary N) is 1. The summed E-state index contributed by atoms with van der Waals surface area (Å²) in [5, 5.41) is 0. The number of hydrogen-bond donors (Lipinski definition) is 2. The van der Waals surface area contributed by atoms with Crippen LogP contribution in [0.4, 0.5) is 4.39 Å². The van der Waals surface area contributed by atoms with Gasteiger partial charge in [0.1, 0.15) is 5.82 Å². The lowest BCUT2D eigenvalue weighted by molar-refractivity contribution is 0.330. The van der Waals surface area contributed by atoms with Crippen molar-refractivity contribution in [2.45, 2.75) is 43.0 Å². The van der Waals surface area contributed by atoms with E-state index >= 15 is 0 Å². The van der Waals surface area contributed by atoms with E-state index < -0.39 is 21.9 Å². The van der Waals surface area contributed by atoms with Crippen molar-refractivity contribution in [1.82, 2.24) is 4.72 Å². The van der Waals surface area contributed by atoms with Gasteiger partial charge in [0.25, 0.3) is 0 Å². The Hall–Kier alpha value is -1.05. The fourth-order valence-corrected chi connectivity index (χ4v) is 4.36. The first-order chi connectivity index (χ1) is 9.90. The van der Waals surface area contributed by atoms with E-state index in [4.69, 9.17) is 18.0 Å². The molecule has 1 aliphatic rings. The molecule has 1 aromatic carbocycles. The van der Waals surface area contributed by atoms with Crippen LogP contribution in [-0.2, 0) is 10.0 Å². The molecule has 21 heavy (non-hydrogen) atoms. The van der Waals surface area contributed by atoms with Crippen LogP contribution in [0.15, 0.2) is 29.2 Å². The second kappa shape index (κ2) is 6.81. The molecule has 0 amide bonds. The lowest BCUT2D eigenvalue weighted by Gasteiger charge is -2.30. The highest BCUT2D eigenvalue weighted by Crippen LogP contribution is 2.27. The Morgan fingerprint density at radius 1 is 1.33 bits per heavy atom. The standard InChI is InChI=1S/C14H19FN2O2S2/c15-11-7-4-8-12(9-11)21(18,19)17-13(14(16)20)10-5-2-1-3-6-10/h4,7-10,13,17H,1-3,5-6H2,(H2,16,20). The summed E-state index contributed by atoms with van der Waals surface area (Å²) >= 11 is 5.02. The zero-order valence-electron chi connectivity index (χ0n) is 11.6. The van der Waals surface area contributed by atoms with Gasteiger partial charge in [-0.25, -0.2) is 17.5 Å². The zero-order valence-corrected chi connectivity index (χ0v) is 13.2. The molecule has 1 saturated carbocycles. The smallest absolute Gasteiger partial charge is 0.241 e. The van der Waals surface area contributed by atoms with Crippen LogP contribution in [0.3, 0.4) is 0 Å². The van der Waals surface area contributed by atoms with Crippen molar-refractivity contribution >= 4 is 27.2 Å². The van der Waals surface area contributed by atoms with E-state index in [1.165, 1.54) is 18.2 Å². The predicted molar refractivity (Wildman–Crippen MR) is 83.9 cm³/mol. The van der Waals surface area contributed by atoms with Crippen LogP contribution in [0.25, 0.3) is 0 Å². The van der Waals surface area contributed by atoms with Gasteiger partial charge < -0.3 is 5.73 Å². The Bertz CT molecular complexity index is 613. The van der Waals surface area contributed by atoms with Crippen LogP contribution in [0.2, 0.25) is 0 Å². The molecule has 116 valence electrons. The van der Waals surface area contributed by atoms with Crippen LogP contribution in [0, 0.1) is 11.7 Å². The van der Waals surface area contributed by atoms with Crippen LogP contribution in [0.5, 0.6) is 0 Å². The van der Waals surface area contributed by atoms with Gasteiger partial charge >= 0.3 is 0 Å². The molecule has 0 radical (unpaired) electrons. The quantitative estimate of drug-likeness (QED) is 0.813. The van der Waals surface area contributed by atoms with Crippen LogP contribution >= 0.6 is 12.2 Å². The fraction of sp³-hybridized carbons (Fsp3) is 0.500. The lowest BCUT2D eigenvalue weighted by Crippen LogP contribution is -2.48. The minimum atomic E-state index is -3.83. The summed E-state index contributed by atoms with van der Waals surface area (Å²) in [6.07, 6.45) is 5.04. The van der Waals surface area contributed by atoms with Gasteiger partial charge in [-0.2, -0.15) is 0 Å². The predicted octanol–water partition coefficient (Wildman–Crippen LogP) is 2.34. The molecule has 1 aliphatic carbocycles. The average Bonchev–Trinajstić information content (AvgIpc) is 2.45. The van der Waals surface area contributed by atoms with Gasteiger partial charge in [-0.15, -0.1) is 0 Å². The van der Waals surface area contributed by atoms with Crippen LogP contribution in [-0.4, -0.2) is 19.4 Å². The first kappa shape index (κ1) is 16.3. The molecule has 0 bridgehead atoms. The normalized spacial score (nSPS) is 18.3. The summed E-state index contributed by atoms with van der Waals surface area (Å²) in [6.45, 7) is 0. The third-order valence-corrected chi connectivity index (χ3v) is 5.51. The summed E-state index contributed by atoms with van der Waals surface area (Å²) in [5.74, 6) is -0.484. The van der Waals surface area contributed by atoms with E-state index in [1.54, 1.807) is 0 Å². The molecule has 1 fully saturated rings. The van der Waals surface area contributed by atoms with E-state index in [0.29, 0.717) is 0 Å². The lowest BCUT2D eigenvalue weighted by atomic mass is 9.84. The molecule has 0 heterocycles. The minimum absolute atomic E-state index is 0.111. The number of sulfonamides is 1.